The number of halogens is 2. The summed E-state index contributed by atoms with van der Waals surface area (Å²) in [6.07, 6.45) is 0.427. The first-order chi connectivity index (χ1) is 11.1. The van der Waals surface area contributed by atoms with E-state index in [1.807, 2.05) is 30.3 Å². The van der Waals surface area contributed by atoms with E-state index in [0.717, 1.165) is 11.8 Å². The van der Waals surface area contributed by atoms with Crippen molar-refractivity contribution >= 4 is 34.2 Å². The number of carbonyl (C=O) groups is 1. The molecule has 0 aliphatic rings. The third-order valence-electron chi connectivity index (χ3n) is 3.25. The number of benzene rings is 2. The molecule has 0 spiro atoms. The summed E-state index contributed by atoms with van der Waals surface area (Å²) in [6.45, 7) is 0.157. The number of carbonyl (C=O) groups excluding carboxylic acids is 1. The molecular formula is C17H12ClFN2O2. The minimum atomic E-state index is -0.617. The number of nitrogens with one attached hydrogen (secondary N) is 1. The van der Waals surface area contributed by atoms with Crippen molar-refractivity contribution in [3.8, 4) is 0 Å². The van der Waals surface area contributed by atoms with Gasteiger partial charge in [-0.3, -0.25) is 5.32 Å². The highest BCUT2D eigenvalue weighted by Crippen LogP contribution is 2.26. The van der Waals surface area contributed by atoms with Gasteiger partial charge in [-0.05, 0) is 23.8 Å². The van der Waals surface area contributed by atoms with Crippen LogP contribution in [0.25, 0.3) is 10.8 Å². The van der Waals surface area contributed by atoms with Crippen molar-refractivity contribution in [3.63, 3.8) is 0 Å². The predicted molar refractivity (Wildman–Crippen MR) is 87.0 cm³/mol. The molecule has 0 bridgehead atoms. The fraction of sp³-hybridized carbons (Fsp3) is 0.0588. The van der Waals surface area contributed by atoms with E-state index in [9.17, 15) is 9.18 Å². The van der Waals surface area contributed by atoms with E-state index in [0.29, 0.717) is 11.1 Å². The molecule has 0 saturated heterocycles. The van der Waals surface area contributed by atoms with Crippen LogP contribution in [0.1, 0.15) is 5.56 Å². The van der Waals surface area contributed by atoms with Crippen LogP contribution in [-0.4, -0.2) is 11.1 Å². The molecule has 6 heteroatoms. The van der Waals surface area contributed by atoms with Crippen LogP contribution >= 0.6 is 11.6 Å². The summed E-state index contributed by atoms with van der Waals surface area (Å²) in [7, 11) is 0. The molecule has 0 radical (unpaired) electrons. The Labute approximate surface area is 136 Å². The maximum absolute atomic E-state index is 13.8. The normalized spacial score (nSPS) is 10.5. The second kappa shape index (κ2) is 6.62. The van der Waals surface area contributed by atoms with Crippen LogP contribution in [0.3, 0.4) is 0 Å². The number of hydrogen-bond donors (Lipinski definition) is 1. The lowest BCUT2D eigenvalue weighted by molar-refractivity contribution is 0.155. The molecule has 23 heavy (non-hydrogen) atoms. The number of rotatable bonds is 3. The smallest absolute Gasteiger partial charge is 0.411 e. The average molecular weight is 331 g/mol. The fourth-order valence-corrected chi connectivity index (χ4v) is 2.34. The third-order valence-corrected chi connectivity index (χ3v) is 3.55. The van der Waals surface area contributed by atoms with E-state index in [4.69, 9.17) is 16.3 Å². The van der Waals surface area contributed by atoms with Crippen molar-refractivity contribution in [1.29, 1.82) is 0 Å². The van der Waals surface area contributed by atoms with E-state index < -0.39 is 11.9 Å². The number of ether oxygens (including phenoxy) is 1. The summed E-state index contributed by atoms with van der Waals surface area (Å²) in [5, 5.41) is 3.53. The molecule has 1 heterocycles. The van der Waals surface area contributed by atoms with Crippen LogP contribution in [0.2, 0.25) is 5.15 Å². The summed E-state index contributed by atoms with van der Waals surface area (Å²) in [5.41, 5.74) is 1.29. The first-order valence-electron chi connectivity index (χ1n) is 6.85. The fourth-order valence-electron chi connectivity index (χ4n) is 2.13. The Morgan fingerprint density at radius 3 is 2.74 bits per heavy atom. The molecule has 4 nitrogen and oxygen atoms in total. The highest BCUT2D eigenvalue weighted by molar-refractivity contribution is 6.34. The van der Waals surface area contributed by atoms with Gasteiger partial charge in [-0.15, -0.1) is 0 Å². The lowest BCUT2D eigenvalue weighted by Crippen LogP contribution is -2.13. The summed E-state index contributed by atoms with van der Waals surface area (Å²) >= 11 is 5.91. The highest BCUT2D eigenvalue weighted by Gasteiger charge is 2.09. The lowest BCUT2D eigenvalue weighted by atomic mass is 10.1. The SMILES string of the molecule is O=C(Nc1ccc2c(Cl)ncc(F)c2c1)OCc1ccccc1. The van der Waals surface area contributed by atoms with Gasteiger partial charge in [0.25, 0.3) is 0 Å². The minimum Gasteiger partial charge on any atom is -0.444 e. The van der Waals surface area contributed by atoms with E-state index in [1.54, 1.807) is 12.1 Å². The number of anilines is 1. The summed E-state index contributed by atoms with van der Waals surface area (Å²) in [6, 6.07) is 14.0. The van der Waals surface area contributed by atoms with Crippen LogP contribution in [-0.2, 0) is 11.3 Å². The summed E-state index contributed by atoms with van der Waals surface area (Å²) in [4.78, 5) is 15.5. The van der Waals surface area contributed by atoms with Crippen molar-refractivity contribution < 1.29 is 13.9 Å². The van der Waals surface area contributed by atoms with Crippen molar-refractivity contribution in [3.05, 3.63) is 71.3 Å². The van der Waals surface area contributed by atoms with Gasteiger partial charge in [0.1, 0.15) is 17.6 Å². The Kier molecular flexibility index (Phi) is 4.39. The van der Waals surface area contributed by atoms with Gasteiger partial charge in [-0.2, -0.15) is 0 Å². The Morgan fingerprint density at radius 2 is 1.96 bits per heavy atom. The van der Waals surface area contributed by atoms with Crippen molar-refractivity contribution in [2.75, 3.05) is 5.32 Å². The standard InChI is InChI=1S/C17H12ClFN2O2/c18-16-13-7-6-12(8-14(13)15(19)9-20-16)21-17(22)23-10-11-4-2-1-3-5-11/h1-9H,10H2,(H,21,22). The Hall–Kier alpha value is -2.66. The van der Waals surface area contributed by atoms with Crippen molar-refractivity contribution in [2.45, 2.75) is 6.61 Å². The number of amides is 1. The van der Waals surface area contributed by atoms with Gasteiger partial charge in [-0.25, -0.2) is 14.2 Å². The van der Waals surface area contributed by atoms with Crippen molar-refractivity contribution in [1.82, 2.24) is 4.98 Å². The predicted octanol–water partition coefficient (Wildman–Crippen LogP) is 4.78. The maximum Gasteiger partial charge on any atom is 0.411 e. The first-order valence-corrected chi connectivity index (χ1v) is 7.23. The second-order valence-electron chi connectivity index (χ2n) is 4.84. The van der Waals surface area contributed by atoms with Gasteiger partial charge < -0.3 is 4.74 Å². The molecular weight excluding hydrogens is 319 g/mol. The first kappa shape index (κ1) is 15.2. The number of pyridine rings is 1. The molecule has 2 aromatic carbocycles. The van der Waals surface area contributed by atoms with Crippen LogP contribution in [0.15, 0.2) is 54.7 Å². The Morgan fingerprint density at radius 1 is 1.17 bits per heavy atom. The second-order valence-corrected chi connectivity index (χ2v) is 5.20. The maximum atomic E-state index is 13.8. The van der Waals surface area contributed by atoms with Gasteiger partial charge in [0.05, 0.1) is 6.20 Å². The third kappa shape index (κ3) is 3.57. The van der Waals surface area contributed by atoms with E-state index in [-0.39, 0.29) is 17.1 Å². The van der Waals surface area contributed by atoms with E-state index >= 15 is 0 Å². The number of nitrogens with zero attached hydrogens (tertiary/aromatic N) is 1. The van der Waals surface area contributed by atoms with E-state index in [2.05, 4.69) is 10.3 Å². The van der Waals surface area contributed by atoms with Crippen LogP contribution in [0.4, 0.5) is 14.9 Å². The molecule has 1 amide bonds. The Bertz CT molecular complexity index is 856. The molecule has 1 aromatic heterocycles. The number of aromatic nitrogens is 1. The zero-order valence-electron chi connectivity index (χ0n) is 11.9. The summed E-state index contributed by atoms with van der Waals surface area (Å²) < 4.78 is 18.9. The molecule has 116 valence electrons. The molecule has 0 atom stereocenters. The topological polar surface area (TPSA) is 51.2 Å². The van der Waals surface area contributed by atoms with Crippen LogP contribution in [0, 0.1) is 5.82 Å². The molecule has 0 aliphatic heterocycles. The number of fused-ring (bicyclic) bond motifs is 1. The molecule has 1 N–H and O–H groups in total. The van der Waals surface area contributed by atoms with Gasteiger partial charge in [0.15, 0.2) is 0 Å². The molecule has 0 saturated carbocycles. The van der Waals surface area contributed by atoms with Gasteiger partial charge >= 0.3 is 6.09 Å². The monoisotopic (exact) mass is 330 g/mol. The molecule has 0 fully saturated rings. The summed E-state index contributed by atoms with van der Waals surface area (Å²) in [5.74, 6) is -0.509. The van der Waals surface area contributed by atoms with E-state index in [1.165, 1.54) is 6.07 Å². The molecule has 0 aliphatic carbocycles. The zero-order chi connectivity index (χ0) is 16.2. The zero-order valence-corrected chi connectivity index (χ0v) is 12.7. The largest absolute Gasteiger partial charge is 0.444 e. The highest BCUT2D eigenvalue weighted by atomic mass is 35.5. The molecule has 3 rings (SSSR count). The van der Waals surface area contributed by atoms with Gasteiger partial charge in [0.2, 0.25) is 0 Å². The van der Waals surface area contributed by atoms with Crippen molar-refractivity contribution in [2.24, 2.45) is 0 Å². The van der Waals surface area contributed by atoms with Crippen LogP contribution in [0.5, 0.6) is 0 Å². The molecule has 3 aromatic rings. The number of hydrogen-bond acceptors (Lipinski definition) is 3. The van der Waals surface area contributed by atoms with Gasteiger partial charge in [0, 0.05) is 16.5 Å². The Balaban J connectivity index is 1.71. The minimum absolute atomic E-state index is 0.157. The lowest BCUT2D eigenvalue weighted by Gasteiger charge is -2.08. The van der Waals surface area contributed by atoms with Crippen LogP contribution < -0.4 is 5.32 Å². The average Bonchev–Trinajstić information content (AvgIpc) is 2.57. The molecule has 0 unspecified atom stereocenters. The van der Waals surface area contributed by atoms with Gasteiger partial charge in [-0.1, -0.05) is 41.9 Å². The quantitative estimate of drug-likeness (QED) is 0.703.